The van der Waals surface area contributed by atoms with E-state index in [1.165, 1.54) is 6.07 Å². The Hall–Kier alpha value is -1.19. The summed E-state index contributed by atoms with van der Waals surface area (Å²) in [6.07, 6.45) is -4.47. The van der Waals surface area contributed by atoms with Crippen LogP contribution >= 0.6 is 0 Å². The van der Waals surface area contributed by atoms with Gasteiger partial charge >= 0.3 is 6.18 Å². The van der Waals surface area contributed by atoms with Gasteiger partial charge < -0.3 is 4.74 Å². The number of benzene rings is 1. The number of alkyl halides is 3. The zero-order valence-electron chi connectivity index (χ0n) is 10.4. The van der Waals surface area contributed by atoms with Gasteiger partial charge in [-0.05, 0) is 43.5 Å². The number of hydrogen-bond donors (Lipinski definition) is 0. The maximum Gasteiger partial charge on any atom is 0.416 e. The van der Waals surface area contributed by atoms with Crippen molar-refractivity contribution in [2.75, 3.05) is 0 Å². The van der Waals surface area contributed by atoms with Crippen molar-refractivity contribution < 1.29 is 17.9 Å². The van der Waals surface area contributed by atoms with E-state index in [9.17, 15) is 13.2 Å². The van der Waals surface area contributed by atoms with Gasteiger partial charge in [-0.1, -0.05) is 13.8 Å². The average Bonchev–Trinajstić information content (AvgIpc) is 2.14. The molecule has 0 aromatic heterocycles. The average molecular weight is 246 g/mol. The third-order valence-electron chi connectivity index (χ3n) is 2.29. The van der Waals surface area contributed by atoms with E-state index >= 15 is 0 Å². The summed E-state index contributed by atoms with van der Waals surface area (Å²) < 4.78 is 43.4. The van der Waals surface area contributed by atoms with Crippen LogP contribution in [0.5, 0.6) is 5.75 Å². The van der Waals surface area contributed by atoms with E-state index in [4.69, 9.17) is 4.74 Å². The van der Waals surface area contributed by atoms with Crippen LogP contribution in [0.4, 0.5) is 13.2 Å². The fraction of sp³-hybridized carbons (Fsp3) is 0.538. The molecule has 0 radical (unpaired) electrons. The quantitative estimate of drug-likeness (QED) is 0.756. The van der Waals surface area contributed by atoms with Crippen LogP contribution in [0, 0.1) is 0 Å². The smallest absolute Gasteiger partial charge is 0.416 e. The minimum atomic E-state index is -4.33. The first-order chi connectivity index (χ1) is 7.70. The zero-order chi connectivity index (χ0) is 13.2. The molecular formula is C13H17F3O. The van der Waals surface area contributed by atoms with Crippen LogP contribution in [-0.4, -0.2) is 6.10 Å². The van der Waals surface area contributed by atoms with Gasteiger partial charge in [-0.15, -0.1) is 0 Å². The molecule has 96 valence electrons. The molecule has 0 unspecified atom stereocenters. The van der Waals surface area contributed by atoms with Crippen molar-refractivity contribution in [1.29, 1.82) is 0 Å². The van der Waals surface area contributed by atoms with Crippen molar-refractivity contribution in [2.24, 2.45) is 0 Å². The third-order valence-corrected chi connectivity index (χ3v) is 2.29. The molecule has 1 aromatic rings. The van der Waals surface area contributed by atoms with Gasteiger partial charge in [0.15, 0.2) is 0 Å². The Bertz CT molecular complexity index is 381. The molecule has 1 nitrogen and oxygen atoms in total. The SMILES string of the molecule is CC(C)Oc1cc(C(C)C)cc(C(F)(F)F)c1. The number of ether oxygens (including phenoxy) is 1. The summed E-state index contributed by atoms with van der Waals surface area (Å²) in [6, 6.07) is 3.89. The summed E-state index contributed by atoms with van der Waals surface area (Å²) in [7, 11) is 0. The van der Waals surface area contributed by atoms with E-state index in [1.54, 1.807) is 19.9 Å². The minimum Gasteiger partial charge on any atom is -0.491 e. The highest BCUT2D eigenvalue weighted by Crippen LogP contribution is 2.34. The lowest BCUT2D eigenvalue weighted by atomic mass is 10.00. The summed E-state index contributed by atoms with van der Waals surface area (Å²) in [4.78, 5) is 0. The summed E-state index contributed by atoms with van der Waals surface area (Å²) >= 11 is 0. The molecule has 0 saturated heterocycles. The molecule has 0 fully saturated rings. The van der Waals surface area contributed by atoms with E-state index in [1.807, 2.05) is 13.8 Å². The topological polar surface area (TPSA) is 9.23 Å². The molecule has 0 saturated carbocycles. The van der Waals surface area contributed by atoms with Gasteiger partial charge in [-0.3, -0.25) is 0 Å². The molecular weight excluding hydrogens is 229 g/mol. The molecule has 0 aliphatic carbocycles. The Morgan fingerprint density at radius 3 is 2.00 bits per heavy atom. The van der Waals surface area contributed by atoms with Crippen LogP contribution < -0.4 is 4.74 Å². The molecule has 1 aromatic carbocycles. The van der Waals surface area contributed by atoms with E-state index in [0.29, 0.717) is 5.56 Å². The normalized spacial score (nSPS) is 12.3. The molecule has 1 rings (SSSR count). The van der Waals surface area contributed by atoms with Gasteiger partial charge in [0.25, 0.3) is 0 Å². The lowest BCUT2D eigenvalue weighted by Crippen LogP contribution is -2.10. The minimum absolute atomic E-state index is 0.0341. The molecule has 0 heterocycles. The standard InChI is InChI=1S/C13H17F3O/c1-8(2)10-5-11(13(14,15)16)7-12(6-10)17-9(3)4/h5-9H,1-4H3. The van der Waals surface area contributed by atoms with E-state index in [0.717, 1.165) is 6.07 Å². The Morgan fingerprint density at radius 2 is 1.59 bits per heavy atom. The molecule has 0 spiro atoms. The van der Waals surface area contributed by atoms with Crippen LogP contribution in [0.3, 0.4) is 0 Å². The van der Waals surface area contributed by atoms with Crippen LogP contribution in [0.1, 0.15) is 44.7 Å². The fourth-order valence-corrected chi connectivity index (χ4v) is 1.46. The Balaban J connectivity index is 3.19. The van der Waals surface area contributed by atoms with Crippen LogP contribution in [0.25, 0.3) is 0 Å². The summed E-state index contributed by atoms with van der Waals surface area (Å²) in [5.41, 5.74) is -0.0187. The molecule has 4 heteroatoms. The van der Waals surface area contributed by atoms with Gasteiger partial charge in [0.1, 0.15) is 5.75 Å². The molecule has 0 N–H and O–H groups in total. The second-order valence-electron chi connectivity index (χ2n) is 4.61. The number of halogens is 3. The van der Waals surface area contributed by atoms with Crippen molar-refractivity contribution >= 4 is 0 Å². The molecule has 0 bridgehead atoms. The van der Waals surface area contributed by atoms with Gasteiger partial charge in [0.2, 0.25) is 0 Å². The van der Waals surface area contributed by atoms with Crippen molar-refractivity contribution in [1.82, 2.24) is 0 Å². The summed E-state index contributed by atoms with van der Waals surface area (Å²) in [5, 5.41) is 0. The largest absolute Gasteiger partial charge is 0.491 e. The van der Waals surface area contributed by atoms with Crippen molar-refractivity contribution in [3.63, 3.8) is 0 Å². The molecule has 0 aliphatic rings. The molecule has 0 amide bonds. The predicted octanol–water partition coefficient (Wildman–Crippen LogP) is 4.62. The van der Waals surface area contributed by atoms with Gasteiger partial charge in [0.05, 0.1) is 11.7 Å². The maximum absolute atomic E-state index is 12.7. The third kappa shape index (κ3) is 3.95. The summed E-state index contributed by atoms with van der Waals surface area (Å²) in [5.74, 6) is 0.310. The van der Waals surface area contributed by atoms with Crippen LogP contribution in [0.15, 0.2) is 18.2 Å². The lowest BCUT2D eigenvalue weighted by molar-refractivity contribution is -0.137. The second-order valence-corrected chi connectivity index (χ2v) is 4.61. The molecule has 0 aliphatic heterocycles. The first kappa shape index (κ1) is 13.9. The maximum atomic E-state index is 12.7. The highest BCUT2D eigenvalue weighted by Gasteiger charge is 2.31. The van der Waals surface area contributed by atoms with Crippen molar-refractivity contribution in [2.45, 2.75) is 45.9 Å². The molecule has 17 heavy (non-hydrogen) atoms. The fourth-order valence-electron chi connectivity index (χ4n) is 1.46. The highest BCUT2D eigenvalue weighted by molar-refractivity contribution is 5.37. The lowest BCUT2D eigenvalue weighted by Gasteiger charge is -2.16. The Labute approximate surface area is 99.6 Å². The van der Waals surface area contributed by atoms with Crippen molar-refractivity contribution in [3.05, 3.63) is 29.3 Å². The van der Waals surface area contributed by atoms with Gasteiger partial charge in [-0.2, -0.15) is 13.2 Å². The molecule has 0 atom stereocenters. The van der Waals surface area contributed by atoms with E-state index in [2.05, 4.69) is 0 Å². The highest BCUT2D eigenvalue weighted by atomic mass is 19.4. The predicted molar refractivity (Wildman–Crippen MR) is 61.3 cm³/mol. The van der Waals surface area contributed by atoms with E-state index < -0.39 is 11.7 Å². The first-order valence-electron chi connectivity index (χ1n) is 5.59. The van der Waals surface area contributed by atoms with Crippen molar-refractivity contribution in [3.8, 4) is 5.75 Å². The Morgan fingerprint density at radius 1 is 1.00 bits per heavy atom. The summed E-state index contributed by atoms with van der Waals surface area (Å²) in [6.45, 7) is 7.29. The van der Waals surface area contributed by atoms with Gasteiger partial charge in [-0.25, -0.2) is 0 Å². The monoisotopic (exact) mass is 246 g/mol. The Kier molecular flexibility index (Phi) is 4.07. The van der Waals surface area contributed by atoms with Crippen LogP contribution in [-0.2, 0) is 6.18 Å². The second kappa shape index (κ2) is 4.98. The number of hydrogen-bond acceptors (Lipinski definition) is 1. The zero-order valence-corrected chi connectivity index (χ0v) is 10.4. The number of rotatable bonds is 3. The van der Waals surface area contributed by atoms with E-state index in [-0.39, 0.29) is 17.8 Å². The van der Waals surface area contributed by atoms with Crippen LogP contribution in [0.2, 0.25) is 0 Å². The van der Waals surface area contributed by atoms with Gasteiger partial charge in [0, 0.05) is 0 Å². The first-order valence-corrected chi connectivity index (χ1v) is 5.59.